The fourth-order valence-corrected chi connectivity index (χ4v) is 3.03. The molecule has 0 unspecified atom stereocenters. The molecule has 0 saturated heterocycles. The molecule has 0 amide bonds. The quantitative estimate of drug-likeness (QED) is 0.806. The van der Waals surface area contributed by atoms with Crippen molar-refractivity contribution in [1.82, 2.24) is 10.0 Å². The zero-order valence-electron chi connectivity index (χ0n) is 12.1. The van der Waals surface area contributed by atoms with Gasteiger partial charge in [0.1, 0.15) is 0 Å². The van der Waals surface area contributed by atoms with Crippen molar-refractivity contribution in [3.63, 3.8) is 0 Å². The van der Waals surface area contributed by atoms with Gasteiger partial charge in [-0.1, -0.05) is 45.9 Å². The number of benzene rings is 1. The third kappa shape index (κ3) is 5.30. The molecule has 0 aliphatic heterocycles. The van der Waals surface area contributed by atoms with E-state index in [-0.39, 0.29) is 5.92 Å². The lowest BCUT2D eigenvalue weighted by atomic mass is 10.2. The molecule has 0 spiro atoms. The molecule has 0 fully saturated rings. The summed E-state index contributed by atoms with van der Waals surface area (Å²) in [4.78, 5) is 0.365. The highest BCUT2D eigenvalue weighted by Gasteiger charge is 2.17. The number of nitrogens with one attached hydrogen (secondary N) is 2. The Morgan fingerprint density at radius 2 is 1.74 bits per heavy atom. The molecule has 1 aromatic carbocycles. The molecular weight excluding hydrogens is 260 g/mol. The van der Waals surface area contributed by atoms with E-state index in [9.17, 15) is 8.42 Å². The van der Waals surface area contributed by atoms with Gasteiger partial charge in [0.2, 0.25) is 10.0 Å². The van der Waals surface area contributed by atoms with Gasteiger partial charge in [0.05, 0.1) is 4.90 Å². The summed E-state index contributed by atoms with van der Waals surface area (Å²) in [6, 6.07) is 7.43. The summed E-state index contributed by atoms with van der Waals surface area (Å²) in [6.45, 7) is 9.04. The predicted molar refractivity (Wildman–Crippen MR) is 78.4 cm³/mol. The normalized spacial score (nSPS) is 12.3. The van der Waals surface area contributed by atoms with E-state index in [0.29, 0.717) is 24.0 Å². The highest BCUT2D eigenvalue weighted by molar-refractivity contribution is 7.89. The zero-order chi connectivity index (χ0) is 14.5. The Morgan fingerprint density at radius 1 is 1.11 bits per heavy atom. The number of rotatable bonds is 7. The van der Waals surface area contributed by atoms with Crippen LogP contribution < -0.4 is 10.0 Å². The summed E-state index contributed by atoms with van der Waals surface area (Å²) in [6.07, 6.45) is 0. The monoisotopic (exact) mass is 284 g/mol. The first-order valence-electron chi connectivity index (χ1n) is 6.64. The second-order valence-electron chi connectivity index (χ2n) is 5.39. The molecule has 0 saturated carbocycles. The van der Waals surface area contributed by atoms with Crippen molar-refractivity contribution in [2.45, 2.75) is 45.2 Å². The van der Waals surface area contributed by atoms with Gasteiger partial charge in [-0.25, -0.2) is 13.1 Å². The standard InChI is InChI=1S/C14H24N2O2S/c1-11(2)9-16-19(17,18)14-8-6-5-7-13(14)10-15-12(3)4/h5-8,11-12,15-16H,9-10H2,1-4H3. The van der Waals surface area contributed by atoms with Crippen LogP contribution in [0.1, 0.15) is 33.3 Å². The van der Waals surface area contributed by atoms with Crippen LogP contribution in [0.15, 0.2) is 29.2 Å². The van der Waals surface area contributed by atoms with E-state index in [1.807, 2.05) is 39.8 Å². The Hall–Kier alpha value is -0.910. The maximum absolute atomic E-state index is 12.3. The van der Waals surface area contributed by atoms with E-state index in [4.69, 9.17) is 0 Å². The maximum Gasteiger partial charge on any atom is 0.240 e. The smallest absolute Gasteiger partial charge is 0.240 e. The van der Waals surface area contributed by atoms with E-state index in [0.717, 1.165) is 5.56 Å². The summed E-state index contributed by atoms with van der Waals surface area (Å²) >= 11 is 0. The molecular formula is C14H24N2O2S. The first kappa shape index (κ1) is 16.1. The minimum absolute atomic E-state index is 0.288. The van der Waals surface area contributed by atoms with Crippen molar-refractivity contribution >= 4 is 10.0 Å². The Balaban J connectivity index is 2.92. The molecule has 5 heteroatoms. The average molecular weight is 284 g/mol. The Labute approximate surface area is 116 Å². The van der Waals surface area contributed by atoms with Gasteiger partial charge < -0.3 is 5.32 Å². The molecule has 0 heterocycles. The Kier molecular flexibility index (Phi) is 5.97. The van der Waals surface area contributed by atoms with Gasteiger partial charge in [0.15, 0.2) is 0 Å². The first-order chi connectivity index (χ1) is 8.83. The van der Waals surface area contributed by atoms with Crippen molar-refractivity contribution in [1.29, 1.82) is 0 Å². The first-order valence-corrected chi connectivity index (χ1v) is 8.12. The van der Waals surface area contributed by atoms with E-state index in [1.165, 1.54) is 0 Å². The lowest BCUT2D eigenvalue weighted by Gasteiger charge is -2.14. The number of hydrogen-bond donors (Lipinski definition) is 2. The van der Waals surface area contributed by atoms with Crippen LogP contribution in [0.3, 0.4) is 0 Å². The second-order valence-corrected chi connectivity index (χ2v) is 7.12. The minimum Gasteiger partial charge on any atom is -0.310 e. The number of hydrogen-bond acceptors (Lipinski definition) is 3. The molecule has 2 N–H and O–H groups in total. The molecule has 4 nitrogen and oxygen atoms in total. The molecule has 0 aliphatic rings. The van der Waals surface area contributed by atoms with Gasteiger partial charge in [0.25, 0.3) is 0 Å². The van der Waals surface area contributed by atoms with Crippen LogP contribution in [0.5, 0.6) is 0 Å². The van der Waals surface area contributed by atoms with Gasteiger partial charge in [-0.2, -0.15) is 0 Å². The van der Waals surface area contributed by atoms with E-state index < -0.39 is 10.0 Å². The molecule has 108 valence electrons. The molecule has 0 atom stereocenters. The van der Waals surface area contributed by atoms with Crippen molar-refractivity contribution in [3.8, 4) is 0 Å². The lowest BCUT2D eigenvalue weighted by Crippen LogP contribution is -2.29. The topological polar surface area (TPSA) is 58.2 Å². The van der Waals surface area contributed by atoms with Crippen LogP contribution in [0.25, 0.3) is 0 Å². The van der Waals surface area contributed by atoms with Crippen LogP contribution in [-0.2, 0) is 16.6 Å². The van der Waals surface area contributed by atoms with Crippen molar-refractivity contribution in [3.05, 3.63) is 29.8 Å². The zero-order valence-corrected chi connectivity index (χ0v) is 12.9. The molecule has 1 aromatic rings. The lowest BCUT2D eigenvalue weighted by molar-refractivity contribution is 0.554. The van der Waals surface area contributed by atoms with Gasteiger partial charge in [-0.3, -0.25) is 0 Å². The average Bonchev–Trinajstić information content (AvgIpc) is 2.34. The van der Waals surface area contributed by atoms with Gasteiger partial charge in [-0.15, -0.1) is 0 Å². The summed E-state index contributed by atoms with van der Waals surface area (Å²) in [7, 11) is -3.42. The molecule has 0 aliphatic carbocycles. The molecule has 0 aromatic heterocycles. The largest absolute Gasteiger partial charge is 0.310 e. The molecule has 0 bridgehead atoms. The van der Waals surface area contributed by atoms with E-state index in [1.54, 1.807) is 12.1 Å². The molecule has 1 rings (SSSR count). The van der Waals surface area contributed by atoms with Crippen LogP contribution in [0.2, 0.25) is 0 Å². The third-order valence-corrected chi connectivity index (χ3v) is 4.17. The summed E-state index contributed by atoms with van der Waals surface area (Å²) in [5.41, 5.74) is 0.799. The summed E-state index contributed by atoms with van der Waals surface area (Å²) in [5, 5.41) is 3.25. The van der Waals surface area contributed by atoms with Gasteiger partial charge >= 0.3 is 0 Å². The molecule has 0 radical (unpaired) electrons. The fraction of sp³-hybridized carbons (Fsp3) is 0.571. The van der Waals surface area contributed by atoms with Gasteiger partial charge in [0, 0.05) is 19.1 Å². The Bertz CT molecular complexity index is 496. The van der Waals surface area contributed by atoms with Crippen molar-refractivity contribution in [2.24, 2.45) is 5.92 Å². The highest BCUT2D eigenvalue weighted by atomic mass is 32.2. The van der Waals surface area contributed by atoms with Crippen molar-refractivity contribution in [2.75, 3.05) is 6.54 Å². The molecule has 19 heavy (non-hydrogen) atoms. The Morgan fingerprint density at radius 3 is 2.32 bits per heavy atom. The van der Waals surface area contributed by atoms with Crippen molar-refractivity contribution < 1.29 is 8.42 Å². The van der Waals surface area contributed by atoms with E-state index >= 15 is 0 Å². The predicted octanol–water partition coefficient (Wildman–Crippen LogP) is 2.12. The second kappa shape index (κ2) is 7.03. The van der Waals surface area contributed by atoms with Crippen LogP contribution in [-0.4, -0.2) is 21.0 Å². The van der Waals surface area contributed by atoms with E-state index in [2.05, 4.69) is 10.0 Å². The van der Waals surface area contributed by atoms with Crippen LogP contribution in [0.4, 0.5) is 0 Å². The van der Waals surface area contributed by atoms with Crippen LogP contribution in [0, 0.1) is 5.92 Å². The van der Waals surface area contributed by atoms with Crippen LogP contribution >= 0.6 is 0 Å². The number of sulfonamides is 1. The minimum atomic E-state index is -3.42. The third-order valence-electron chi connectivity index (χ3n) is 2.64. The summed E-state index contributed by atoms with van der Waals surface area (Å²) < 4.78 is 27.2. The van der Waals surface area contributed by atoms with Gasteiger partial charge in [-0.05, 0) is 17.5 Å². The maximum atomic E-state index is 12.3. The summed E-state index contributed by atoms with van der Waals surface area (Å²) in [5.74, 6) is 0.288. The SMILES string of the molecule is CC(C)CNS(=O)(=O)c1ccccc1CNC(C)C. The highest BCUT2D eigenvalue weighted by Crippen LogP contribution is 2.15. The fourth-order valence-electron chi connectivity index (χ4n) is 1.58.